The number of hydrogen-bond acceptors (Lipinski definition) is 2. The zero-order chi connectivity index (χ0) is 8.77. The van der Waals surface area contributed by atoms with Crippen LogP contribution in [0.3, 0.4) is 0 Å². The molecule has 0 saturated heterocycles. The Bertz CT molecular complexity index is 217. The van der Waals surface area contributed by atoms with Crippen LogP contribution in [0.4, 0.5) is 0 Å². The molecule has 0 heterocycles. The van der Waals surface area contributed by atoms with E-state index in [4.69, 9.17) is 11.5 Å². The average Bonchev–Trinajstić information content (AvgIpc) is 2.64. The third-order valence-electron chi connectivity index (χ3n) is 3.38. The molecule has 2 rings (SSSR count). The summed E-state index contributed by atoms with van der Waals surface area (Å²) in [5, 5.41) is 0. The van der Waals surface area contributed by atoms with Crippen LogP contribution in [0.2, 0.25) is 0 Å². The number of rotatable bonds is 2. The number of nitrogens with two attached hydrogens (primary N) is 2. The highest BCUT2D eigenvalue weighted by molar-refractivity contribution is 5.75. The molecule has 2 aliphatic carbocycles. The van der Waals surface area contributed by atoms with Gasteiger partial charge in [0, 0.05) is 12.0 Å². The minimum Gasteiger partial charge on any atom is -0.370 e. The Kier molecular flexibility index (Phi) is 1.65. The van der Waals surface area contributed by atoms with E-state index in [0.717, 1.165) is 12.3 Å². The van der Waals surface area contributed by atoms with Gasteiger partial charge in [-0.05, 0) is 24.7 Å². The van der Waals surface area contributed by atoms with Crippen LogP contribution in [-0.4, -0.2) is 11.4 Å². The van der Waals surface area contributed by atoms with Crippen LogP contribution >= 0.6 is 0 Å². The first-order valence-electron chi connectivity index (χ1n) is 4.69. The van der Waals surface area contributed by atoms with Crippen molar-refractivity contribution in [1.82, 2.24) is 0 Å². The molecule has 0 spiro atoms. The maximum absolute atomic E-state index is 10.8. The van der Waals surface area contributed by atoms with Crippen LogP contribution in [-0.2, 0) is 4.79 Å². The first-order chi connectivity index (χ1) is 5.62. The number of primary amides is 1. The molecule has 0 radical (unpaired) electrons. The summed E-state index contributed by atoms with van der Waals surface area (Å²) in [5.41, 5.74) is 11.1. The lowest BCUT2D eigenvalue weighted by atomic mass is 9.79. The lowest BCUT2D eigenvalue weighted by Crippen LogP contribution is -2.47. The molecule has 0 bridgehead atoms. The van der Waals surface area contributed by atoms with Gasteiger partial charge in [-0.15, -0.1) is 0 Å². The topological polar surface area (TPSA) is 69.1 Å². The van der Waals surface area contributed by atoms with Gasteiger partial charge >= 0.3 is 0 Å². The van der Waals surface area contributed by atoms with Crippen molar-refractivity contribution in [3.8, 4) is 0 Å². The van der Waals surface area contributed by atoms with Crippen LogP contribution in [0.25, 0.3) is 0 Å². The molecule has 2 aliphatic rings. The molecule has 2 fully saturated rings. The Morgan fingerprint density at radius 3 is 3.00 bits per heavy atom. The van der Waals surface area contributed by atoms with Gasteiger partial charge in [-0.3, -0.25) is 4.79 Å². The van der Waals surface area contributed by atoms with Gasteiger partial charge in [-0.2, -0.15) is 0 Å². The fourth-order valence-electron chi connectivity index (χ4n) is 2.69. The van der Waals surface area contributed by atoms with E-state index < -0.39 is 0 Å². The van der Waals surface area contributed by atoms with E-state index in [-0.39, 0.29) is 11.4 Å². The van der Waals surface area contributed by atoms with Crippen molar-refractivity contribution in [1.29, 1.82) is 0 Å². The summed E-state index contributed by atoms with van der Waals surface area (Å²) in [6, 6.07) is 0. The normalized spacial score (nSPS) is 45.1. The van der Waals surface area contributed by atoms with Gasteiger partial charge in [-0.1, -0.05) is 12.8 Å². The maximum Gasteiger partial charge on any atom is 0.219 e. The number of hydrogen-bond donors (Lipinski definition) is 2. The lowest BCUT2D eigenvalue weighted by molar-refractivity contribution is -0.119. The Balaban J connectivity index is 2.03. The SMILES string of the molecule is NC(=O)CC1(N)CCCC2CC21. The minimum absolute atomic E-state index is 0.241. The molecule has 2 saturated carbocycles. The zero-order valence-corrected chi connectivity index (χ0v) is 7.25. The summed E-state index contributed by atoms with van der Waals surface area (Å²) < 4.78 is 0. The molecular weight excluding hydrogens is 152 g/mol. The lowest BCUT2D eigenvalue weighted by Gasteiger charge is -2.32. The van der Waals surface area contributed by atoms with Crippen molar-refractivity contribution in [3.63, 3.8) is 0 Å². The molecule has 1 amide bonds. The molecule has 3 unspecified atom stereocenters. The van der Waals surface area contributed by atoms with Crippen LogP contribution in [0.5, 0.6) is 0 Å². The van der Waals surface area contributed by atoms with E-state index >= 15 is 0 Å². The Morgan fingerprint density at radius 2 is 2.33 bits per heavy atom. The van der Waals surface area contributed by atoms with Gasteiger partial charge < -0.3 is 11.5 Å². The van der Waals surface area contributed by atoms with Gasteiger partial charge in [0.15, 0.2) is 0 Å². The van der Waals surface area contributed by atoms with Crippen molar-refractivity contribution < 1.29 is 4.79 Å². The quantitative estimate of drug-likeness (QED) is 0.625. The second kappa shape index (κ2) is 2.46. The van der Waals surface area contributed by atoms with Crippen molar-refractivity contribution in [3.05, 3.63) is 0 Å². The van der Waals surface area contributed by atoms with E-state index in [0.29, 0.717) is 12.3 Å². The Morgan fingerprint density at radius 1 is 1.58 bits per heavy atom. The number of carbonyl (C=O) groups excluding carboxylic acids is 1. The predicted octanol–water partition coefficient (Wildman–Crippen LogP) is 0.379. The summed E-state index contributed by atoms with van der Waals surface area (Å²) in [7, 11) is 0. The molecule has 3 nitrogen and oxygen atoms in total. The number of amides is 1. The van der Waals surface area contributed by atoms with Crippen LogP contribution in [0.1, 0.15) is 32.1 Å². The Hall–Kier alpha value is -0.570. The smallest absolute Gasteiger partial charge is 0.219 e. The monoisotopic (exact) mass is 168 g/mol. The minimum atomic E-state index is -0.245. The van der Waals surface area contributed by atoms with Gasteiger partial charge in [-0.25, -0.2) is 0 Å². The van der Waals surface area contributed by atoms with Crippen LogP contribution in [0.15, 0.2) is 0 Å². The van der Waals surface area contributed by atoms with Gasteiger partial charge in [0.25, 0.3) is 0 Å². The van der Waals surface area contributed by atoms with E-state index in [1.807, 2.05) is 0 Å². The first kappa shape index (κ1) is 8.05. The summed E-state index contributed by atoms with van der Waals surface area (Å²) in [6.45, 7) is 0. The molecule has 68 valence electrons. The third-order valence-corrected chi connectivity index (χ3v) is 3.38. The van der Waals surface area contributed by atoms with Crippen LogP contribution in [0, 0.1) is 11.8 Å². The fraction of sp³-hybridized carbons (Fsp3) is 0.889. The zero-order valence-electron chi connectivity index (χ0n) is 7.25. The van der Waals surface area contributed by atoms with E-state index in [9.17, 15) is 4.79 Å². The Labute approximate surface area is 72.5 Å². The van der Waals surface area contributed by atoms with E-state index in [2.05, 4.69) is 0 Å². The highest BCUT2D eigenvalue weighted by atomic mass is 16.1. The largest absolute Gasteiger partial charge is 0.370 e. The van der Waals surface area contributed by atoms with Crippen molar-refractivity contribution in [2.75, 3.05) is 0 Å². The van der Waals surface area contributed by atoms with Crippen molar-refractivity contribution in [2.45, 2.75) is 37.6 Å². The maximum atomic E-state index is 10.8. The highest BCUT2D eigenvalue weighted by Gasteiger charge is 2.53. The van der Waals surface area contributed by atoms with E-state index in [1.165, 1.54) is 19.3 Å². The standard InChI is InChI=1S/C9H16N2O/c10-8(12)5-9(11)3-1-2-6-4-7(6)9/h6-7H,1-5,11H2,(H2,10,12). The predicted molar refractivity (Wildman–Crippen MR) is 46.2 cm³/mol. The second-order valence-corrected chi connectivity index (χ2v) is 4.37. The molecule has 3 heteroatoms. The molecular formula is C9H16N2O. The van der Waals surface area contributed by atoms with Crippen LogP contribution < -0.4 is 11.5 Å². The molecule has 3 atom stereocenters. The summed E-state index contributed by atoms with van der Waals surface area (Å²) in [6.07, 6.45) is 5.07. The number of carbonyl (C=O) groups is 1. The second-order valence-electron chi connectivity index (χ2n) is 4.37. The van der Waals surface area contributed by atoms with E-state index in [1.54, 1.807) is 0 Å². The average molecular weight is 168 g/mol. The summed E-state index contributed by atoms with van der Waals surface area (Å²) in [5.74, 6) is 1.16. The molecule has 0 aromatic rings. The van der Waals surface area contributed by atoms with Gasteiger partial charge in [0.2, 0.25) is 5.91 Å². The molecule has 0 aromatic heterocycles. The molecule has 4 N–H and O–H groups in total. The molecule has 0 aromatic carbocycles. The van der Waals surface area contributed by atoms with Crippen molar-refractivity contribution >= 4 is 5.91 Å². The summed E-state index contributed by atoms with van der Waals surface area (Å²) in [4.78, 5) is 10.8. The first-order valence-corrected chi connectivity index (χ1v) is 4.69. The molecule has 0 aliphatic heterocycles. The van der Waals surface area contributed by atoms with Crippen molar-refractivity contribution in [2.24, 2.45) is 23.3 Å². The fourth-order valence-corrected chi connectivity index (χ4v) is 2.69. The van der Waals surface area contributed by atoms with Gasteiger partial charge in [0.1, 0.15) is 0 Å². The van der Waals surface area contributed by atoms with Gasteiger partial charge in [0.05, 0.1) is 0 Å². The number of fused-ring (bicyclic) bond motifs is 1. The third kappa shape index (κ3) is 1.22. The highest BCUT2D eigenvalue weighted by Crippen LogP contribution is 2.54. The molecule has 12 heavy (non-hydrogen) atoms. The summed E-state index contributed by atoms with van der Waals surface area (Å²) >= 11 is 0.